The Morgan fingerprint density at radius 2 is 1.73 bits per heavy atom. The molecular weight excluding hydrogens is 303 g/mol. The standard InChI is InChI=1S/C16H13FN2O2S/c1-22(20,21)13-8-6-12(7-9-13)19-11-18-10-16(19)14-4-2-3-5-15(14)17/h2-11H,1H3. The van der Waals surface area contributed by atoms with E-state index in [-0.39, 0.29) is 10.7 Å². The van der Waals surface area contributed by atoms with Crippen LogP contribution in [-0.4, -0.2) is 24.2 Å². The minimum Gasteiger partial charge on any atom is -0.299 e. The monoisotopic (exact) mass is 316 g/mol. The van der Waals surface area contributed by atoms with Gasteiger partial charge in [-0.3, -0.25) is 4.57 Å². The Bertz CT molecular complexity index is 915. The molecule has 4 nitrogen and oxygen atoms in total. The Labute approximate surface area is 127 Å². The molecule has 2 aromatic carbocycles. The number of aromatic nitrogens is 2. The average molecular weight is 316 g/mol. The van der Waals surface area contributed by atoms with E-state index in [0.29, 0.717) is 16.9 Å². The van der Waals surface area contributed by atoms with Gasteiger partial charge >= 0.3 is 0 Å². The molecule has 0 aliphatic carbocycles. The van der Waals surface area contributed by atoms with Crippen molar-refractivity contribution in [1.29, 1.82) is 0 Å². The first-order valence-electron chi connectivity index (χ1n) is 6.54. The van der Waals surface area contributed by atoms with Gasteiger partial charge in [-0.2, -0.15) is 0 Å². The van der Waals surface area contributed by atoms with Gasteiger partial charge < -0.3 is 0 Å². The van der Waals surface area contributed by atoms with Crippen LogP contribution in [0.3, 0.4) is 0 Å². The number of sulfone groups is 1. The average Bonchev–Trinajstić information content (AvgIpc) is 2.96. The van der Waals surface area contributed by atoms with E-state index in [2.05, 4.69) is 4.98 Å². The first kappa shape index (κ1) is 14.5. The van der Waals surface area contributed by atoms with Crippen LogP contribution in [0.1, 0.15) is 0 Å². The summed E-state index contributed by atoms with van der Waals surface area (Å²) in [6, 6.07) is 12.8. The summed E-state index contributed by atoms with van der Waals surface area (Å²) in [6.07, 6.45) is 4.30. The van der Waals surface area contributed by atoms with E-state index in [9.17, 15) is 12.8 Å². The fraction of sp³-hybridized carbons (Fsp3) is 0.0625. The molecule has 0 fully saturated rings. The van der Waals surface area contributed by atoms with Crippen molar-refractivity contribution in [2.24, 2.45) is 0 Å². The molecule has 0 N–H and O–H groups in total. The van der Waals surface area contributed by atoms with Gasteiger partial charge in [0.15, 0.2) is 9.84 Å². The SMILES string of the molecule is CS(=O)(=O)c1ccc(-n2cncc2-c2ccccc2F)cc1. The zero-order valence-corrected chi connectivity index (χ0v) is 12.6. The molecule has 0 saturated heterocycles. The third-order valence-electron chi connectivity index (χ3n) is 3.33. The molecule has 0 radical (unpaired) electrons. The summed E-state index contributed by atoms with van der Waals surface area (Å²) < 4.78 is 38.7. The van der Waals surface area contributed by atoms with Gasteiger partial charge in [0.2, 0.25) is 0 Å². The van der Waals surface area contributed by atoms with E-state index in [0.717, 1.165) is 6.26 Å². The van der Waals surface area contributed by atoms with Crippen molar-refractivity contribution in [2.45, 2.75) is 4.90 Å². The van der Waals surface area contributed by atoms with E-state index >= 15 is 0 Å². The third kappa shape index (κ3) is 2.65. The van der Waals surface area contributed by atoms with Crippen molar-refractivity contribution in [2.75, 3.05) is 6.26 Å². The zero-order valence-electron chi connectivity index (χ0n) is 11.8. The van der Waals surface area contributed by atoms with Gasteiger partial charge in [0.05, 0.1) is 23.1 Å². The van der Waals surface area contributed by atoms with Crippen molar-refractivity contribution < 1.29 is 12.8 Å². The van der Waals surface area contributed by atoms with Crippen LogP contribution in [0.4, 0.5) is 4.39 Å². The fourth-order valence-electron chi connectivity index (χ4n) is 2.22. The normalized spacial score (nSPS) is 11.5. The van der Waals surface area contributed by atoms with Crippen molar-refractivity contribution in [3.63, 3.8) is 0 Å². The minimum atomic E-state index is -3.24. The molecule has 1 aromatic heterocycles. The number of rotatable bonds is 3. The number of benzene rings is 2. The largest absolute Gasteiger partial charge is 0.299 e. The fourth-order valence-corrected chi connectivity index (χ4v) is 2.85. The quantitative estimate of drug-likeness (QED) is 0.746. The molecule has 0 amide bonds. The Kier molecular flexibility index (Phi) is 3.54. The van der Waals surface area contributed by atoms with Gasteiger partial charge in [0.1, 0.15) is 5.82 Å². The molecule has 0 spiro atoms. The van der Waals surface area contributed by atoms with E-state index in [1.165, 1.54) is 18.2 Å². The topological polar surface area (TPSA) is 52.0 Å². The van der Waals surface area contributed by atoms with Crippen LogP contribution in [-0.2, 0) is 9.84 Å². The predicted molar refractivity (Wildman–Crippen MR) is 82.1 cm³/mol. The number of imidazole rings is 1. The number of nitrogens with zero attached hydrogens (tertiary/aromatic N) is 2. The highest BCUT2D eigenvalue weighted by Crippen LogP contribution is 2.25. The van der Waals surface area contributed by atoms with Crippen LogP contribution in [0.2, 0.25) is 0 Å². The number of hydrogen-bond donors (Lipinski definition) is 0. The van der Waals surface area contributed by atoms with Crippen LogP contribution < -0.4 is 0 Å². The van der Waals surface area contributed by atoms with E-state index in [1.54, 1.807) is 47.4 Å². The second kappa shape index (κ2) is 5.38. The molecule has 0 bridgehead atoms. The Balaban J connectivity index is 2.08. The van der Waals surface area contributed by atoms with Crippen LogP contribution in [0.25, 0.3) is 16.9 Å². The zero-order chi connectivity index (χ0) is 15.7. The van der Waals surface area contributed by atoms with Gasteiger partial charge in [-0.1, -0.05) is 12.1 Å². The Morgan fingerprint density at radius 3 is 2.36 bits per heavy atom. The number of hydrogen-bond acceptors (Lipinski definition) is 3. The molecule has 0 aliphatic heterocycles. The van der Waals surface area contributed by atoms with Crippen molar-refractivity contribution in [3.05, 3.63) is 66.9 Å². The lowest BCUT2D eigenvalue weighted by Gasteiger charge is -2.09. The highest BCUT2D eigenvalue weighted by molar-refractivity contribution is 7.90. The van der Waals surface area contributed by atoms with Crippen molar-refractivity contribution >= 4 is 9.84 Å². The lowest BCUT2D eigenvalue weighted by Crippen LogP contribution is -1.99. The maximum absolute atomic E-state index is 13.9. The second-order valence-corrected chi connectivity index (χ2v) is 6.91. The van der Waals surface area contributed by atoms with Crippen molar-refractivity contribution in [1.82, 2.24) is 9.55 Å². The van der Waals surface area contributed by atoms with Gasteiger partial charge in [0, 0.05) is 17.5 Å². The maximum atomic E-state index is 13.9. The first-order chi connectivity index (χ1) is 10.5. The highest BCUT2D eigenvalue weighted by Gasteiger charge is 2.12. The molecule has 1 heterocycles. The summed E-state index contributed by atoms with van der Waals surface area (Å²) in [5.41, 5.74) is 1.75. The number of halogens is 1. The molecule has 3 aromatic rings. The lowest BCUT2D eigenvalue weighted by molar-refractivity contribution is 0.602. The third-order valence-corrected chi connectivity index (χ3v) is 4.46. The molecule has 3 rings (SSSR count). The molecule has 0 aliphatic rings. The summed E-state index contributed by atoms with van der Waals surface area (Å²) in [7, 11) is -3.24. The summed E-state index contributed by atoms with van der Waals surface area (Å²) in [6.45, 7) is 0. The summed E-state index contributed by atoms with van der Waals surface area (Å²) in [5.74, 6) is -0.336. The van der Waals surface area contributed by atoms with Gasteiger partial charge in [0.25, 0.3) is 0 Å². The van der Waals surface area contributed by atoms with Crippen molar-refractivity contribution in [3.8, 4) is 16.9 Å². The van der Waals surface area contributed by atoms with Crippen LogP contribution in [0, 0.1) is 5.82 Å². The predicted octanol–water partition coefficient (Wildman–Crippen LogP) is 3.08. The molecule has 0 saturated carbocycles. The first-order valence-corrected chi connectivity index (χ1v) is 8.44. The lowest BCUT2D eigenvalue weighted by atomic mass is 10.1. The smallest absolute Gasteiger partial charge is 0.175 e. The highest BCUT2D eigenvalue weighted by atomic mass is 32.2. The van der Waals surface area contributed by atoms with E-state index < -0.39 is 9.84 Å². The van der Waals surface area contributed by atoms with Crippen LogP contribution >= 0.6 is 0 Å². The second-order valence-electron chi connectivity index (χ2n) is 4.89. The van der Waals surface area contributed by atoms with Gasteiger partial charge in [-0.15, -0.1) is 0 Å². The van der Waals surface area contributed by atoms with Crippen LogP contribution in [0.5, 0.6) is 0 Å². The van der Waals surface area contributed by atoms with Gasteiger partial charge in [-0.25, -0.2) is 17.8 Å². The molecule has 22 heavy (non-hydrogen) atoms. The molecular formula is C16H13FN2O2S. The minimum absolute atomic E-state index is 0.240. The summed E-state index contributed by atoms with van der Waals surface area (Å²) >= 11 is 0. The molecule has 0 unspecified atom stereocenters. The van der Waals surface area contributed by atoms with Crippen LogP contribution in [0.15, 0.2) is 66.0 Å². The summed E-state index contributed by atoms with van der Waals surface area (Å²) in [4.78, 5) is 4.30. The Morgan fingerprint density at radius 1 is 1.05 bits per heavy atom. The van der Waals surface area contributed by atoms with E-state index in [4.69, 9.17) is 0 Å². The van der Waals surface area contributed by atoms with Gasteiger partial charge in [-0.05, 0) is 36.4 Å². The summed E-state index contributed by atoms with van der Waals surface area (Å²) in [5, 5.41) is 0. The maximum Gasteiger partial charge on any atom is 0.175 e. The molecule has 0 atom stereocenters. The molecule has 6 heteroatoms. The Hall–Kier alpha value is -2.47. The van der Waals surface area contributed by atoms with E-state index in [1.807, 2.05) is 0 Å². The molecule has 112 valence electrons.